The van der Waals surface area contributed by atoms with E-state index in [1.165, 1.54) is 23.5 Å². The Labute approximate surface area is 190 Å². The average Bonchev–Trinajstić information content (AvgIpc) is 3.26. The number of rotatable bonds is 7. The summed E-state index contributed by atoms with van der Waals surface area (Å²) >= 11 is 1.32. The van der Waals surface area contributed by atoms with E-state index < -0.39 is 0 Å². The molecule has 2 N–H and O–H groups in total. The maximum Gasteiger partial charge on any atom is 0.252 e. The Balaban J connectivity index is 1.34. The second kappa shape index (κ2) is 10.1. The van der Waals surface area contributed by atoms with Crippen molar-refractivity contribution in [3.05, 3.63) is 84.2 Å². The number of nitrogens with one attached hydrogen (secondary N) is 2. The molecule has 0 fully saturated rings. The van der Waals surface area contributed by atoms with Crippen molar-refractivity contribution in [1.82, 2.24) is 10.3 Å². The van der Waals surface area contributed by atoms with Gasteiger partial charge in [0.05, 0.1) is 29.7 Å². The van der Waals surface area contributed by atoms with Crippen LogP contribution in [0.2, 0.25) is 0 Å². The van der Waals surface area contributed by atoms with Crippen LogP contribution in [0.3, 0.4) is 0 Å². The number of benzene rings is 2. The number of amides is 3. The van der Waals surface area contributed by atoms with Gasteiger partial charge in [0.1, 0.15) is 0 Å². The fourth-order valence-corrected chi connectivity index (χ4v) is 4.42. The molecular weight excluding hydrogens is 424 g/mol. The van der Waals surface area contributed by atoms with Crippen molar-refractivity contribution in [3.63, 3.8) is 0 Å². The summed E-state index contributed by atoms with van der Waals surface area (Å²) in [6.45, 7) is 0.503. The highest BCUT2D eigenvalue weighted by Gasteiger charge is 2.24. The molecule has 162 valence electrons. The van der Waals surface area contributed by atoms with Crippen LogP contribution in [-0.4, -0.2) is 41.5 Å². The lowest BCUT2D eigenvalue weighted by Crippen LogP contribution is -2.33. The number of carbonyl (C=O) groups is 3. The van der Waals surface area contributed by atoms with E-state index in [4.69, 9.17) is 0 Å². The standard InChI is InChI=1S/C24H22N4O3S/c29-22(27-18-7-5-12-25-14-18)15-26-24(31)19-8-2-4-10-21(19)32-16-23(30)28-13-11-17-6-1-3-9-20(17)28/h1-10,12,14H,11,13,15-16H2,(H,26,31)(H,27,29). The van der Waals surface area contributed by atoms with Crippen molar-refractivity contribution in [2.24, 2.45) is 0 Å². The number of anilines is 2. The van der Waals surface area contributed by atoms with Gasteiger partial charge in [-0.15, -0.1) is 11.8 Å². The summed E-state index contributed by atoms with van der Waals surface area (Å²) < 4.78 is 0. The zero-order valence-electron chi connectivity index (χ0n) is 17.3. The van der Waals surface area contributed by atoms with Crippen molar-refractivity contribution in [1.29, 1.82) is 0 Å². The molecule has 0 spiro atoms. The number of thioether (sulfide) groups is 1. The molecule has 1 aromatic heterocycles. The molecular formula is C24H22N4O3S. The van der Waals surface area contributed by atoms with Crippen molar-refractivity contribution in [2.45, 2.75) is 11.3 Å². The molecule has 0 saturated carbocycles. The molecule has 0 aliphatic carbocycles. The zero-order chi connectivity index (χ0) is 22.3. The molecule has 0 atom stereocenters. The average molecular weight is 447 g/mol. The fraction of sp³-hybridized carbons (Fsp3) is 0.167. The monoisotopic (exact) mass is 446 g/mol. The molecule has 1 aliphatic rings. The van der Waals surface area contributed by atoms with Gasteiger partial charge in [0.15, 0.2) is 0 Å². The van der Waals surface area contributed by atoms with Gasteiger partial charge in [0, 0.05) is 23.3 Å². The van der Waals surface area contributed by atoms with E-state index in [0.717, 1.165) is 12.1 Å². The number of para-hydroxylation sites is 1. The smallest absolute Gasteiger partial charge is 0.252 e. The molecule has 32 heavy (non-hydrogen) atoms. The van der Waals surface area contributed by atoms with Crippen LogP contribution < -0.4 is 15.5 Å². The molecule has 0 saturated heterocycles. The first-order valence-corrected chi connectivity index (χ1v) is 11.2. The first-order chi connectivity index (χ1) is 15.6. The lowest BCUT2D eigenvalue weighted by Gasteiger charge is -2.17. The predicted octanol–water partition coefficient (Wildman–Crippen LogP) is 3.13. The summed E-state index contributed by atoms with van der Waals surface area (Å²) in [6.07, 6.45) is 3.99. The van der Waals surface area contributed by atoms with Gasteiger partial charge in [0.25, 0.3) is 5.91 Å². The Hall–Kier alpha value is -3.65. The second-order valence-electron chi connectivity index (χ2n) is 7.18. The SMILES string of the molecule is O=C(CNC(=O)c1ccccc1SCC(=O)N1CCc2ccccc21)Nc1cccnc1. The molecule has 4 rings (SSSR count). The number of carbonyl (C=O) groups excluding carboxylic acids is 3. The summed E-state index contributed by atoms with van der Waals surface area (Å²) in [7, 11) is 0. The lowest BCUT2D eigenvalue weighted by atomic mass is 10.2. The number of hydrogen-bond acceptors (Lipinski definition) is 5. The van der Waals surface area contributed by atoms with Gasteiger partial charge in [0.2, 0.25) is 11.8 Å². The van der Waals surface area contributed by atoms with Crippen LogP contribution in [-0.2, 0) is 16.0 Å². The first-order valence-electron chi connectivity index (χ1n) is 10.2. The predicted molar refractivity (Wildman–Crippen MR) is 125 cm³/mol. The van der Waals surface area contributed by atoms with E-state index in [0.29, 0.717) is 22.7 Å². The molecule has 1 aliphatic heterocycles. The Kier molecular flexibility index (Phi) is 6.81. The minimum Gasteiger partial charge on any atom is -0.343 e. The molecule has 2 aromatic carbocycles. The van der Waals surface area contributed by atoms with Crippen LogP contribution in [0.15, 0.2) is 78.0 Å². The lowest BCUT2D eigenvalue weighted by molar-refractivity contribution is -0.116. The quantitative estimate of drug-likeness (QED) is 0.544. The van der Waals surface area contributed by atoms with Crippen molar-refractivity contribution in [3.8, 4) is 0 Å². The van der Waals surface area contributed by atoms with Gasteiger partial charge < -0.3 is 15.5 Å². The maximum absolute atomic E-state index is 12.8. The minimum atomic E-state index is -0.367. The van der Waals surface area contributed by atoms with Gasteiger partial charge >= 0.3 is 0 Å². The zero-order valence-corrected chi connectivity index (χ0v) is 18.1. The maximum atomic E-state index is 12.8. The molecule has 0 radical (unpaired) electrons. The highest BCUT2D eigenvalue weighted by atomic mass is 32.2. The number of nitrogens with zero attached hydrogens (tertiary/aromatic N) is 2. The highest BCUT2D eigenvalue weighted by Crippen LogP contribution is 2.29. The largest absolute Gasteiger partial charge is 0.343 e. The number of fused-ring (bicyclic) bond motifs is 1. The normalized spacial score (nSPS) is 12.2. The van der Waals surface area contributed by atoms with Crippen molar-refractivity contribution < 1.29 is 14.4 Å². The van der Waals surface area contributed by atoms with E-state index in [1.54, 1.807) is 41.4 Å². The Morgan fingerprint density at radius 1 is 1.00 bits per heavy atom. The van der Waals surface area contributed by atoms with Crippen LogP contribution in [0.25, 0.3) is 0 Å². The Morgan fingerprint density at radius 3 is 2.66 bits per heavy atom. The van der Waals surface area contributed by atoms with E-state index in [1.807, 2.05) is 30.3 Å². The Bertz CT molecular complexity index is 1140. The molecule has 0 bridgehead atoms. The van der Waals surface area contributed by atoms with Gasteiger partial charge in [-0.2, -0.15) is 0 Å². The molecule has 8 heteroatoms. The highest BCUT2D eigenvalue weighted by molar-refractivity contribution is 8.00. The van der Waals surface area contributed by atoms with Crippen molar-refractivity contribution >= 4 is 40.9 Å². The first kappa shape index (κ1) is 21.6. The Morgan fingerprint density at radius 2 is 1.81 bits per heavy atom. The summed E-state index contributed by atoms with van der Waals surface area (Å²) in [4.78, 5) is 44.0. The van der Waals surface area contributed by atoms with Crippen LogP contribution >= 0.6 is 11.8 Å². The fourth-order valence-electron chi connectivity index (χ4n) is 3.49. The molecule has 2 heterocycles. The van der Waals surface area contributed by atoms with Gasteiger partial charge in [-0.3, -0.25) is 19.4 Å². The third kappa shape index (κ3) is 5.15. The molecule has 7 nitrogen and oxygen atoms in total. The van der Waals surface area contributed by atoms with E-state index >= 15 is 0 Å². The summed E-state index contributed by atoms with van der Waals surface area (Å²) in [6, 6.07) is 18.4. The van der Waals surface area contributed by atoms with Crippen molar-refractivity contribution in [2.75, 3.05) is 29.1 Å². The topological polar surface area (TPSA) is 91.4 Å². The summed E-state index contributed by atoms with van der Waals surface area (Å²) in [5.74, 6) is -0.487. The summed E-state index contributed by atoms with van der Waals surface area (Å²) in [5.41, 5.74) is 3.13. The molecule has 3 amide bonds. The van der Waals surface area contributed by atoms with E-state index in [2.05, 4.69) is 15.6 Å². The van der Waals surface area contributed by atoms with Crippen LogP contribution in [0.1, 0.15) is 15.9 Å². The third-order valence-corrected chi connectivity index (χ3v) is 6.08. The van der Waals surface area contributed by atoms with Gasteiger partial charge in [-0.25, -0.2) is 0 Å². The number of pyridine rings is 1. The number of hydrogen-bond donors (Lipinski definition) is 2. The molecule has 0 unspecified atom stereocenters. The summed E-state index contributed by atoms with van der Waals surface area (Å²) in [5, 5.41) is 5.31. The molecule has 3 aromatic rings. The van der Waals surface area contributed by atoms with Gasteiger partial charge in [-0.1, -0.05) is 30.3 Å². The minimum absolute atomic E-state index is 0.00556. The van der Waals surface area contributed by atoms with Crippen LogP contribution in [0.5, 0.6) is 0 Å². The van der Waals surface area contributed by atoms with E-state index in [9.17, 15) is 14.4 Å². The van der Waals surface area contributed by atoms with Crippen LogP contribution in [0, 0.1) is 0 Å². The number of aromatic nitrogens is 1. The van der Waals surface area contributed by atoms with Crippen LogP contribution in [0.4, 0.5) is 11.4 Å². The second-order valence-corrected chi connectivity index (χ2v) is 8.20. The van der Waals surface area contributed by atoms with E-state index in [-0.39, 0.29) is 30.0 Å². The van der Waals surface area contributed by atoms with Gasteiger partial charge in [-0.05, 0) is 42.3 Å². The third-order valence-electron chi connectivity index (χ3n) is 5.03.